The Morgan fingerprint density at radius 2 is 2.09 bits per heavy atom. The summed E-state index contributed by atoms with van der Waals surface area (Å²) in [4.78, 5) is 31.6. The van der Waals surface area contributed by atoms with Gasteiger partial charge in [-0.05, 0) is 4.92 Å². The first-order chi connectivity index (χ1) is 10.8. The molecular formula is C10H12N6O7. The van der Waals surface area contributed by atoms with Crippen LogP contribution in [-0.2, 0) is 4.74 Å². The zero-order chi connectivity index (χ0) is 16.9. The maximum absolute atomic E-state index is 11.8. The van der Waals surface area contributed by atoms with Crippen molar-refractivity contribution in [3.8, 4) is 0 Å². The van der Waals surface area contributed by atoms with E-state index in [0.717, 1.165) is 4.57 Å². The Morgan fingerprint density at radius 1 is 1.39 bits per heavy atom. The average molecular weight is 328 g/mol. The normalized spacial score (nSPS) is 27.6. The molecule has 1 aliphatic heterocycles. The molecule has 0 aliphatic carbocycles. The van der Waals surface area contributed by atoms with Gasteiger partial charge in [-0.3, -0.25) is 9.78 Å². The minimum atomic E-state index is -1.61. The second-order valence-corrected chi connectivity index (χ2v) is 4.89. The maximum atomic E-state index is 11.8. The van der Waals surface area contributed by atoms with E-state index in [2.05, 4.69) is 15.0 Å². The molecular weight excluding hydrogens is 316 g/mol. The molecule has 3 rings (SSSR count). The number of aromatic nitrogens is 4. The number of H-pyrrole nitrogens is 1. The van der Waals surface area contributed by atoms with E-state index in [4.69, 9.17) is 15.6 Å². The third-order valence-electron chi connectivity index (χ3n) is 3.49. The number of anilines is 1. The number of hydrogen-bond donors (Lipinski definition) is 5. The Bertz CT molecular complexity index is 831. The van der Waals surface area contributed by atoms with E-state index in [-0.39, 0.29) is 17.1 Å². The van der Waals surface area contributed by atoms with Crippen LogP contribution in [0.3, 0.4) is 0 Å². The van der Waals surface area contributed by atoms with E-state index in [1.165, 1.54) is 0 Å². The lowest BCUT2D eigenvalue weighted by Crippen LogP contribution is -2.33. The Hall–Kier alpha value is -2.61. The van der Waals surface area contributed by atoms with Gasteiger partial charge in [0.2, 0.25) is 17.8 Å². The van der Waals surface area contributed by atoms with Gasteiger partial charge in [-0.15, -0.1) is 0 Å². The molecule has 1 fully saturated rings. The number of hydrogen-bond acceptors (Lipinski definition) is 10. The van der Waals surface area contributed by atoms with Crippen molar-refractivity contribution in [2.45, 2.75) is 24.5 Å². The highest BCUT2D eigenvalue weighted by Gasteiger charge is 2.48. The molecule has 2 aromatic rings. The van der Waals surface area contributed by atoms with Crippen molar-refractivity contribution in [2.75, 3.05) is 12.3 Å². The lowest BCUT2D eigenvalue weighted by Gasteiger charge is -2.13. The standard InChI is InChI=1S/C10H12N6O7/c11-9-13-6-3(7(20)14-9)12-10(16(21)22)15(6)8-5(19)4(18)2(1-17)23-8/h2,4-5,8,17-19H,1H2,(H3,11,13,14,20)/t2-,4+,5-,8-/m1/s1. The van der Waals surface area contributed by atoms with Crippen LogP contribution in [-0.4, -0.2) is 64.7 Å². The maximum Gasteiger partial charge on any atom is 0.439 e. The van der Waals surface area contributed by atoms with Crippen LogP contribution in [0.4, 0.5) is 11.9 Å². The molecule has 0 aromatic carbocycles. The van der Waals surface area contributed by atoms with Gasteiger partial charge in [0, 0.05) is 0 Å². The summed E-state index contributed by atoms with van der Waals surface area (Å²) >= 11 is 0. The predicted octanol–water partition coefficient (Wildman–Crippen LogP) is -2.78. The fourth-order valence-corrected chi connectivity index (χ4v) is 2.45. The van der Waals surface area contributed by atoms with Gasteiger partial charge in [0.1, 0.15) is 18.3 Å². The van der Waals surface area contributed by atoms with E-state index >= 15 is 0 Å². The second-order valence-electron chi connectivity index (χ2n) is 4.89. The van der Waals surface area contributed by atoms with Gasteiger partial charge in [0.25, 0.3) is 11.1 Å². The molecule has 13 heteroatoms. The largest absolute Gasteiger partial charge is 0.439 e. The monoisotopic (exact) mass is 328 g/mol. The van der Waals surface area contributed by atoms with E-state index in [1.54, 1.807) is 0 Å². The molecule has 0 bridgehead atoms. The van der Waals surface area contributed by atoms with Crippen molar-refractivity contribution < 1.29 is 25.0 Å². The number of nitro groups is 1. The molecule has 1 aliphatic rings. The summed E-state index contributed by atoms with van der Waals surface area (Å²) in [6, 6.07) is 0. The smallest absolute Gasteiger partial charge is 0.394 e. The number of imidazole rings is 1. The molecule has 4 atom stereocenters. The zero-order valence-electron chi connectivity index (χ0n) is 11.4. The molecule has 124 valence electrons. The fourth-order valence-electron chi connectivity index (χ4n) is 2.45. The first-order valence-corrected chi connectivity index (χ1v) is 6.39. The topological polar surface area (TPSA) is 203 Å². The molecule has 2 aromatic heterocycles. The van der Waals surface area contributed by atoms with Crippen LogP contribution < -0.4 is 11.3 Å². The molecule has 0 saturated carbocycles. The van der Waals surface area contributed by atoms with Gasteiger partial charge in [0.05, 0.1) is 6.61 Å². The lowest BCUT2D eigenvalue weighted by atomic mass is 10.1. The molecule has 1 saturated heterocycles. The Kier molecular flexibility index (Phi) is 3.48. The number of aliphatic hydroxyl groups excluding tert-OH is 3. The van der Waals surface area contributed by atoms with Crippen molar-refractivity contribution in [1.82, 2.24) is 19.5 Å². The third kappa shape index (κ3) is 2.22. The summed E-state index contributed by atoms with van der Waals surface area (Å²) in [6.45, 7) is -0.620. The van der Waals surface area contributed by atoms with Crippen LogP contribution in [0.2, 0.25) is 0 Å². The van der Waals surface area contributed by atoms with E-state index < -0.39 is 47.6 Å². The summed E-state index contributed by atoms with van der Waals surface area (Å²) in [6.07, 6.45) is -5.72. The van der Waals surface area contributed by atoms with E-state index in [1.807, 2.05) is 0 Å². The molecule has 0 spiro atoms. The van der Waals surface area contributed by atoms with Gasteiger partial charge in [-0.1, -0.05) is 4.98 Å². The summed E-state index contributed by atoms with van der Waals surface area (Å²) in [5.41, 5.74) is 3.96. The van der Waals surface area contributed by atoms with Crippen LogP contribution in [0.1, 0.15) is 6.23 Å². The van der Waals surface area contributed by atoms with Gasteiger partial charge in [-0.2, -0.15) is 9.55 Å². The molecule has 3 heterocycles. The molecule has 0 radical (unpaired) electrons. The molecule has 0 amide bonds. The highest BCUT2D eigenvalue weighted by molar-refractivity contribution is 5.73. The fraction of sp³-hybridized carbons (Fsp3) is 0.500. The van der Waals surface area contributed by atoms with E-state index in [0.29, 0.717) is 0 Å². The predicted molar refractivity (Wildman–Crippen MR) is 72.2 cm³/mol. The first kappa shape index (κ1) is 15.3. The summed E-state index contributed by atoms with van der Waals surface area (Å²) < 4.78 is 5.99. The highest BCUT2D eigenvalue weighted by atomic mass is 16.6. The number of nitrogens with zero attached hydrogens (tertiary/aromatic N) is 4. The number of nitrogens with two attached hydrogens (primary N) is 1. The number of nitrogen functional groups attached to an aromatic ring is 1. The van der Waals surface area contributed by atoms with Crippen molar-refractivity contribution in [3.63, 3.8) is 0 Å². The highest BCUT2D eigenvalue weighted by Crippen LogP contribution is 2.34. The van der Waals surface area contributed by atoms with Gasteiger partial charge < -0.3 is 35.9 Å². The van der Waals surface area contributed by atoms with Crippen LogP contribution in [0, 0.1) is 10.1 Å². The van der Waals surface area contributed by atoms with Crippen LogP contribution in [0.15, 0.2) is 4.79 Å². The van der Waals surface area contributed by atoms with Crippen LogP contribution in [0.5, 0.6) is 0 Å². The molecule has 23 heavy (non-hydrogen) atoms. The Morgan fingerprint density at radius 3 is 2.65 bits per heavy atom. The molecule has 13 nitrogen and oxygen atoms in total. The van der Waals surface area contributed by atoms with Crippen molar-refractivity contribution in [3.05, 3.63) is 20.5 Å². The van der Waals surface area contributed by atoms with Crippen LogP contribution >= 0.6 is 0 Å². The molecule has 6 N–H and O–H groups in total. The summed E-state index contributed by atoms with van der Waals surface area (Å²) in [5, 5.41) is 40.1. The van der Waals surface area contributed by atoms with Gasteiger partial charge in [-0.25, -0.2) is 0 Å². The number of aliphatic hydroxyl groups is 3. The SMILES string of the molecule is Nc1nc2c(nc([N+](=O)[O-])n2[C@@H]2O[C@H](CO)[C@H](O)[C@H]2O)c(=O)[nH]1. The molecule has 0 unspecified atom stereocenters. The number of aromatic amines is 1. The number of rotatable bonds is 3. The minimum absolute atomic E-state index is 0.284. The van der Waals surface area contributed by atoms with Crippen LogP contribution in [0.25, 0.3) is 11.2 Å². The second kappa shape index (κ2) is 5.24. The van der Waals surface area contributed by atoms with Gasteiger partial charge >= 0.3 is 5.95 Å². The van der Waals surface area contributed by atoms with E-state index in [9.17, 15) is 25.1 Å². The zero-order valence-corrected chi connectivity index (χ0v) is 11.4. The summed E-state index contributed by atoms with van der Waals surface area (Å²) in [5.74, 6) is -1.14. The van der Waals surface area contributed by atoms with Crippen molar-refractivity contribution in [2.24, 2.45) is 0 Å². The third-order valence-corrected chi connectivity index (χ3v) is 3.49. The van der Waals surface area contributed by atoms with Crippen molar-refractivity contribution in [1.29, 1.82) is 0 Å². The Labute approximate surface area is 126 Å². The quantitative estimate of drug-likeness (QED) is 0.289. The number of fused-ring (bicyclic) bond motifs is 1. The van der Waals surface area contributed by atoms with Gasteiger partial charge in [0.15, 0.2) is 0 Å². The first-order valence-electron chi connectivity index (χ1n) is 6.39. The number of ether oxygens (including phenoxy) is 1. The average Bonchev–Trinajstić information content (AvgIpc) is 2.99. The minimum Gasteiger partial charge on any atom is -0.394 e. The van der Waals surface area contributed by atoms with Crippen molar-refractivity contribution >= 4 is 23.1 Å². The number of nitrogens with one attached hydrogen (secondary N) is 1. The summed E-state index contributed by atoms with van der Waals surface area (Å²) in [7, 11) is 0. The lowest BCUT2D eigenvalue weighted by molar-refractivity contribution is -0.398. The Balaban J connectivity index is 2.25.